The van der Waals surface area contributed by atoms with Gasteiger partial charge in [-0.05, 0) is 61.4 Å². The number of para-hydroxylation sites is 1. The van der Waals surface area contributed by atoms with Crippen LogP contribution < -0.4 is 5.56 Å². The molecule has 0 radical (unpaired) electrons. The van der Waals surface area contributed by atoms with Crippen LogP contribution in [0.3, 0.4) is 0 Å². The van der Waals surface area contributed by atoms with Crippen molar-refractivity contribution in [1.29, 1.82) is 0 Å². The molecule has 4 rings (SSSR count). The summed E-state index contributed by atoms with van der Waals surface area (Å²) in [5.41, 5.74) is 1.99. The number of aryl methyl sites for hydroxylation is 2. The highest BCUT2D eigenvalue weighted by Crippen LogP contribution is 2.32. The highest BCUT2D eigenvalue weighted by Gasteiger charge is 2.24. The second-order valence-electron chi connectivity index (χ2n) is 9.20. The zero-order valence-corrected chi connectivity index (χ0v) is 19.3. The first-order chi connectivity index (χ1) is 15.0. The van der Waals surface area contributed by atoms with Gasteiger partial charge in [-0.3, -0.25) is 9.36 Å². The average Bonchev–Trinajstić information content (AvgIpc) is 3.10. The van der Waals surface area contributed by atoms with Gasteiger partial charge >= 0.3 is 0 Å². The Labute approximate surface area is 186 Å². The molecule has 2 aromatic heterocycles. The van der Waals surface area contributed by atoms with Crippen molar-refractivity contribution in [3.8, 4) is 16.9 Å². The third-order valence-electron chi connectivity index (χ3n) is 5.83. The van der Waals surface area contributed by atoms with Crippen LogP contribution in [-0.4, -0.2) is 19.2 Å². The van der Waals surface area contributed by atoms with Crippen molar-refractivity contribution in [2.75, 3.05) is 0 Å². The fourth-order valence-electron chi connectivity index (χ4n) is 4.22. The van der Waals surface area contributed by atoms with Crippen molar-refractivity contribution < 1.29 is 9.50 Å². The van der Waals surface area contributed by atoms with E-state index in [0.717, 1.165) is 16.8 Å². The van der Waals surface area contributed by atoms with Gasteiger partial charge in [0.15, 0.2) is 0 Å². The Balaban J connectivity index is 2.01. The van der Waals surface area contributed by atoms with Crippen LogP contribution in [0.5, 0.6) is 0 Å². The molecule has 0 bridgehead atoms. The second-order valence-corrected chi connectivity index (χ2v) is 9.20. The lowest BCUT2D eigenvalue weighted by Crippen LogP contribution is -2.21. The molecular weight excluding hydrogens is 405 g/mol. The molecule has 0 aliphatic carbocycles. The predicted octanol–water partition coefficient (Wildman–Crippen LogP) is 5.19. The summed E-state index contributed by atoms with van der Waals surface area (Å²) in [5.74, 6) is 0.0284. The Hall–Kier alpha value is -3.25. The van der Waals surface area contributed by atoms with Gasteiger partial charge in [0.25, 0.3) is 5.56 Å². The molecule has 0 aliphatic rings. The number of hydrogen-bond donors (Lipinski definition) is 1. The summed E-state index contributed by atoms with van der Waals surface area (Å²) in [6.45, 7) is 9.34. The molecule has 0 saturated heterocycles. The number of nitrogens with zero attached hydrogens (tertiary/aromatic N) is 3. The Kier molecular flexibility index (Phi) is 5.29. The van der Waals surface area contributed by atoms with Gasteiger partial charge in [0.05, 0.1) is 16.8 Å². The summed E-state index contributed by atoms with van der Waals surface area (Å²) in [5, 5.41) is 11.4. The highest BCUT2D eigenvalue weighted by molar-refractivity contribution is 5.89. The lowest BCUT2D eigenvalue weighted by Gasteiger charge is -2.17. The normalized spacial score (nSPS) is 12.2. The van der Waals surface area contributed by atoms with E-state index >= 15 is 4.39 Å². The smallest absolute Gasteiger partial charge is 0.263 e. The van der Waals surface area contributed by atoms with Crippen molar-refractivity contribution in [3.63, 3.8) is 0 Å². The maximum absolute atomic E-state index is 15.3. The molecule has 1 N–H and O–H groups in total. The van der Waals surface area contributed by atoms with Crippen LogP contribution in [0.4, 0.5) is 4.39 Å². The van der Waals surface area contributed by atoms with Gasteiger partial charge in [0, 0.05) is 25.0 Å². The molecule has 2 heterocycles. The largest absolute Gasteiger partial charge is 0.383 e. The van der Waals surface area contributed by atoms with E-state index in [2.05, 4.69) is 18.8 Å². The lowest BCUT2D eigenvalue weighted by molar-refractivity contribution is 0.0659. The monoisotopic (exact) mass is 433 g/mol. The standard InChI is InChI=1S/C26H28FN3O2/c1-15(2)20-13-30(23-10-8-7-9-16(23)3)24(31)18-12-21(27)19(11-17(18)20)22-14-29(6)25(28-22)26(4,5)32/h7-15,32H,1-6H3. The molecule has 0 fully saturated rings. The Morgan fingerprint density at radius 2 is 1.78 bits per heavy atom. The molecule has 5 nitrogen and oxygen atoms in total. The van der Waals surface area contributed by atoms with E-state index in [4.69, 9.17) is 0 Å². The van der Waals surface area contributed by atoms with Crippen LogP contribution >= 0.6 is 0 Å². The summed E-state index contributed by atoms with van der Waals surface area (Å²) in [7, 11) is 1.77. The highest BCUT2D eigenvalue weighted by atomic mass is 19.1. The molecule has 0 saturated carbocycles. The van der Waals surface area contributed by atoms with Gasteiger partial charge in [0.2, 0.25) is 0 Å². The van der Waals surface area contributed by atoms with E-state index in [0.29, 0.717) is 27.9 Å². The van der Waals surface area contributed by atoms with Gasteiger partial charge in [-0.1, -0.05) is 32.0 Å². The van der Waals surface area contributed by atoms with Crippen LogP contribution in [0.2, 0.25) is 0 Å². The van der Waals surface area contributed by atoms with Gasteiger partial charge in [-0.25, -0.2) is 9.37 Å². The third-order valence-corrected chi connectivity index (χ3v) is 5.83. The maximum atomic E-state index is 15.3. The summed E-state index contributed by atoms with van der Waals surface area (Å²) >= 11 is 0. The Morgan fingerprint density at radius 3 is 2.38 bits per heavy atom. The summed E-state index contributed by atoms with van der Waals surface area (Å²) < 4.78 is 18.6. The number of halogens is 1. The molecule has 4 aromatic rings. The number of benzene rings is 2. The minimum atomic E-state index is -1.16. The zero-order valence-electron chi connectivity index (χ0n) is 19.3. The van der Waals surface area contributed by atoms with E-state index in [1.807, 2.05) is 37.4 Å². The number of fused-ring (bicyclic) bond motifs is 1. The summed E-state index contributed by atoms with van der Waals surface area (Å²) in [6.07, 6.45) is 3.56. The number of imidazole rings is 1. The van der Waals surface area contributed by atoms with Crippen molar-refractivity contribution in [1.82, 2.24) is 14.1 Å². The minimum Gasteiger partial charge on any atom is -0.383 e. The topological polar surface area (TPSA) is 60.1 Å². The van der Waals surface area contributed by atoms with Crippen LogP contribution in [0.1, 0.15) is 50.6 Å². The Morgan fingerprint density at radius 1 is 1.09 bits per heavy atom. The first kappa shape index (κ1) is 22.0. The maximum Gasteiger partial charge on any atom is 0.263 e. The van der Waals surface area contributed by atoms with E-state index < -0.39 is 11.4 Å². The number of aliphatic hydroxyl groups is 1. The molecule has 32 heavy (non-hydrogen) atoms. The SMILES string of the molecule is Cc1ccccc1-n1cc(C(C)C)c2cc(-c3cn(C)c(C(C)(C)O)n3)c(F)cc2c1=O. The van der Waals surface area contributed by atoms with Gasteiger partial charge in [0.1, 0.15) is 17.2 Å². The van der Waals surface area contributed by atoms with Crippen molar-refractivity contribution in [2.45, 2.75) is 46.1 Å². The molecule has 6 heteroatoms. The average molecular weight is 434 g/mol. The van der Waals surface area contributed by atoms with Gasteiger partial charge in [-0.15, -0.1) is 0 Å². The quantitative estimate of drug-likeness (QED) is 0.482. The fourth-order valence-corrected chi connectivity index (χ4v) is 4.22. The zero-order chi connectivity index (χ0) is 23.4. The van der Waals surface area contributed by atoms with Crippen molar-refractivity contribution in [3.05, 3.63) is 81.9 Å². The number of aromatic nitrogens is 3. The van der Waals surface area contributed by atoms with Crippen LogP contribution in [0.25, 0.3) is 27.7 Å². The van der Waals surface area contributed by atoms with E-state index in [1.165, 1.54) is 6.07 Å². The van der Waals surface area contributed by atoms with Crippen LogP contribution in [0.15, 0.2) is 53.6 Å². The van der Waals surface area contributed by atoms with Crippen molar-refractivity contribution in [2.24, 2.45) is 7.05 Å². The van der Waals surface area contributed by atoms with Crippen LogP contribution in [-0.2, 0) is 12.6 Å². The molecular formula is C26H28FN3O2. The molecule has 0 amide bonds. The molecule has 2 aromatic carbocycles. The third kappa shape index (κ3) is 3.65. The molecule has 0 aliphatic heterocycles. The molecule has 0 spiro atoms. The lowest BCUT2D eigenvalue weighted by atomic mass is 9.95. The number of hydrogen-bond acceptors (Lipinski definition) is 3. The fraction of sp³-hybridized carbons (Fsp3) is 0.308. The first-order valence-corrected chi connectivity index (χ1v) is 10.7. The van der Waals surface area contributed by atoms with E-state index in [-0.39, 0.29) is 11.5 Å². The molecule has 166 valence electrons. The summed E-state index contributed by atoms with van der Waals surface area (Å²) in [4.78, 5) is 17.9. The molecule has 0 atom stereocenters. The minimum absolute atomic E-state index is 0.113. The molecule has 0 unspecified atom stereocenters. The van der Waals surface area contributed by atoms with Crippen molar-refractivity contribution >= 4 is 10.8 Å². The van der Waals surface area contributed by atoms with Gasteiger partial charge in [-0.2, -0.15) is 0 Å². The number of pyridine rings is 1. The van der Waals surface area contributed by atoms with E-state index in [9.17, 15) is 9.90 Å². The second kappa shape index (κ2) is 7.71. The van der Waals surface area contributed by atoms with E-state index in [1.54, 1.807) is 42.3 Å². The summed E-state index contributed by atoms with van der Waals surface area (Å²) in [6, 6.07) is 10.7. The first-order valence-electron chi connectivity index (χ1n) is 10.7. The van der Waals surface area contributed by atoms with Crippen LogP contribution in [0, 0.1) is 12.7 Å². The van der Waals surface area contributed by atoms with Gasteiger partial charge < -0.3 is 9.67 Å². The predicted molar refractivity (Wildman–Crippen MR) is 126 cm³/mol. The number of rotatable bonds is 4. The Bertz CT molecular complexity index is 1390.